The van der Waals surface area contributed by atoms with E-state index in [2.05, 4.69) is 39.9 Å². The molecule has 2 heterocycles. The number of ether oxygens (including phenoxy) is 1. The average molecular weight is 420 g/mol. The summed E-state index contributed by atoms with van der Waals surface area (Å²) < 4.78 is 7.93. The second-order valence-electron chi connectivity index (χ2n) is 7.33. The Morgan fingerprint density at radius 2 is 1.84 bits per heavy atom. The first-order valence-electron chi connectivity index (χ1n) is 10.6. The van der Waals surface area contributed by atoms with E-state index in [1.165, 1.54) is 0 Å². The van der Waals surface area contributed by atoms with Gasteiger partial charge in [-0.3, -0.25) is 0 Å². The topological polar surface area (TPSA) is 106 Å². The molecule has 0 amide bonds. The monoisotopic (exact) mass is 419 g/mol. The second kappa shape index (κ2) is 10.5. The minimum absolute atomic E-state index is 0.500. The van der Waals surface area contributed by atoms with Gasteiger partial charge >= 0.3 is 0 Å². The SMILES string of the molecule is CCCN(CCC)c1cc(Oc2cc(C#N)ccc2-c2ncc(CCN)cn2)n(C)n1. The average Bonchev–Trinajstić information content (AvgIpc) is 3.14. The van der Waals surface area contributed by atoms with Crippen molar-refractivity contribution < 1.29 is 4.74 Å². The fourth-order valence-corrected chi connectivity index (χ4v) is 3.33. The maximum absolute atomic E-state index is 9.36. The molecule has 2 N–H and O–H groups in total. The summed E-state index contributed by atoms with van der Waals surface area (Å²) in [6, 6.07) is 9.34. The van der Waals surface area contributed by atoms with Gasteiger partial charge in [-0.15, -0.1) is 0 Å². The molecule has 31 heavy (non-hydrogen) atoms. The maximum Gasteiger partial charge on any atom is 0.219 e. The van der Waals surface area contributed by atoms with Gasteiger partial charge in [-0.2, -0.15) is 10.4 Å². The number of benzene rings is 1. The minimum atomic E-state index is 0.500. The highest BCUT2D eigenvalue weighted by atomic mass is 16.5. The van der Waals surface area contributed by atoms with Crippen molar-refractivity contribution in [2.45, 2.75) is 33.1 Å². The number of aryl methyl sites for hydroxylation is 1. The Balaban J connectivity index is 1.95. The molecule has 0 aliphatic heterocycles. The Kier molecular flexibility index (Phi) is 7.57. The van der Waals surface area contributed by atoms with Crippen LogP contribution in [0.5, 0.6) is 11.6 Å². The molecule has 0 saturated heterocycles. The Labute approximate surface area is 183 Å². The zero-order valence-corrected chi connectivity index (χ0v) is 18.4. The highest BCUT2D eigenvalue weighted by molar-refractivity contribution is 5.66. The number of nitriles is 1. The van der Waals surface area contributed by atoms with Crippen molar-refractivity contribution in [3.8, 4) is 29.1 Å². The molecule has 0 aliphatic carbocycles. The van der Waals surface area contributed by atoms with Gasteiger partial charge in [-0.25, -0.2) is 14.6 Å². The molecule has 1 aromatic carbocycles. The van der Waals surface area contributed by atoms with Crippen LogP contribution < -0.4 is 15.4 Å². The molecule has 162 valence electrons. The van der Waals surface area contributed by atoms with Crippen molar-refractivity contribution in [1.29, 1.82) is 5.26 Å². The van der Waals surface area contributed by atoms with Crippen molar-refractivity contribution in [1.82, 2.24) is 19.7 Å². The fraction of sp³-hybridized carbons (Fsp3) is 0.391. The first-order valence-corrected chi connectivity index (χ1v) is 10.6. The summed E-state index contributed by atoms with van der Waals surface area (Å²) in [4.78, 5) is 11.2. The molecule has 0 unspecified atom stereocenters. The summed E-state index contributed by atoms with van der Waals surface area (Å²) in [7, 11) is 1.85. The number of hydrogen-bond acceptors (Lipinski definition) is 7. The number of anilines is 1. The van der Waals surface area contributed by atoms with E-state index < -0.39 is 0 Å². The Morgan fingerprint density at radius 1 is 1.13 bits per heavy atom. The molecule has 0 fully saturated rings. The van der Waals surface area contributed by atoms with Gasteiger partial charge in [0.1, 0.15) is 5.75 Å². The van der Waals surface area contributed by atoms with Gasteiger partial charge < -0.3 is 15.4 Å². The molecule has 8 nitrogen and oxygen atoms in total. The maximum atomic E-state index is 9.36. The zero-order valence-electron chi connectivity index (χ0n) is 18.4. The quantitative estimate of drug-likeness (QED) is 0.534. The predicted molar refractivity (Wildman–Crippen MR) is 121 cm³/mol. The molecule has 0 spiro atoms. The van der Waals surface area contributed by atoms with E-state index in [-0.39, 0.29) is 0 Å². The van der Waals surface area contributed by atoms with E-state index >= 15 is 0 Å². The van der Waals surface area contributed by atoms with Gasteiger partial charge in [0.25, 0.3) is 0 Å². The zero-order chi connectivity index (χ0) is 22.2. The van der Waals surface area contributed by atoms with E-state index in [1.54, 1.807) is 29.2 Å². The molecule has 3 aromatic rings. The molecule has 3 rings (SSSR count). The number of nitrogens with zero attached hydrogens (tertiary/aromatic N) is 6. The van der Waals surface area contributed by atoms with E-state index in [1.807, 2.05) is 19.2 Å². The third-order valence-corrected chi connectivity index (χ3v) is 4.84. The third-order valence-electron chi connectivity index (χ3n) is 4.84. The van der Waals surface area contributed by atoms with Crippen molar-refractivity contribution in [3.63, 3.8) is 0 Å². The Bertz CT molecular complexity index is 1030. The lowest BCUT2D eigenvalue weighted by molar-refractivity contribution is 0.432. The van der Waals surface area contributed by atoms with Gasteiger partial charge in [-0.05, 0) is 49.6 Å². The fourth-order valence-electron chi connectivity index (χ4n) is 3.33. The standard InChI is InChI=1S/C23H29N7O/c1-4-10-30(11-5-2)21-13-22(29(3)28-21)31-20-12-17(14-25)6-7-19(20)23-26-15-18(8-9-24)16-27-23/h6-7,12-13,15-16H,4-5,8-11,24H2,1-3H3. The van der Waals surface area contributed by atoms with Gasteiger partial charge in [0.2, 0.25) is 5.88 Å². The molecule has 2 aromatic heterocycles. The van der Waals surface area contributed by atoms with Crippen LogP contribution in [0, 0.1) is 11.3 Å². The summed E-state index contributed by atoms with van der Waals surface area (Å²) in [5, 5.41) is 14.0. The Morgan fingerprint density at radius 3 is 2.45 bits per heavy atom. The van der Waals surface area contributed by atoms with E-state index in [0.29, 0.717) is 35.1 Å². The predicted octanol–water partition coefficient (Wildman–Crippen LogP) is 3.67. The summed E-state index contributed by atoms with van der Waals surface area (Å²) in [6.07, 6.45) is 6.34. The smallest absolute Gasteiger partial charge is 0.219 e. The van der Waals surface area contributed by atoms with Crippen molar-refractivity contribution in [3.05, 3.63) is 47.8 Å². The minimum Gasteiger partial charge on any atom is -0.438 e. The number of nitrogens with two attached hydrogens (primary N) is 1. The van der Waals surface area contributed by atoms with Gasteiger partial charge in [0, 0.05) is 38.6 Å². The lowest BCUT2D eigenvalue weighted by Gasteiger charge is -2.20. The van der Waals surface area contributed by atoms with Crippen LogP contribution in [0.2, 0.25) is 0 Å². The van der Waals surface area contributed by atoms with Crippen LogP contribution in [0.25, 0.3) is 11.4 Å². The molecule has 0 aliphatic rings. The van der Waals surface area contributed by atoms with Gasteiger partial charge in [-0.1, -0.05) is 13.8 Å². The summed E-state index contributed by atoms with van der Waals surface area (Å²) >= 11 is 0. The summed E-state index contributed by atoms with van der Waals surface area (Å²) in [5.74, 6) is 2.50. The second-order valence-corrected chi connectivity index (χ2v) is 7.33. The third kappa shape index (κ3) is 5.38. The van der Waals surface area contributed by atoms with Gasteiger partial charge in [0.05, 0.1) is 17.2 Å². The van der Waals surface area contributed by atoms with E-state index in [4.69, 9.17) is 10.5 Å². The van der Waals surface area contributed by atoms with E-state index in [9.17, 15) is 5.26 Å². The van der Waals surface area contributed by atoms with Crippen LogP contribution in [0.4, 0.5) is 5.82 Å². The highest BCUT2D eigenvalue weighted by Gasteiger charge is 2.16. The molecule has 0 saturated carbocycles. The van der Waals surface area contributed by atoms with Crippen LogP contribution in [-0.2, 0) is 13.5 Å². The lowest BCUT2D eigenvalue weighted by atomic mass is 10.1. The van der Waals surface area contributed by atoms with Crippen LogP contribution in [0.15, 0.2) is 36.7 Å². The van der Waals surface area contributed by atoms with Crippen molar-refractivity contribution in [2.75, 3.05) is 24.5 Å². The van der Waals surface area contributed by atoms with Crippen LogP contribution in [-0.4, -0.2) is 39.4 Å². The number of aromatic nitrogens is 4. The number of rotatable bonds is 10. The van der Waals surface area contributed by atoms with E-state index in [0.717, 1.165) is 43.7 Å². The molecular weight excluding hydrogens is 390 g/mol. The highest BCUT2D eigenvalue weighted by Crippen LogP contribution is 2.33. The first-order chi connectivity index (χ1) is 15.1. The first kappa shape index (κ1) is 22.2. The van der Waals surface area contributed by atoms with Crippen molar-refractivity contribution >= 4 is 5.82 Å². The lowest BCUT2D eigenvalue weighted by Crippen LogP contribution is -2.25. The number of hydrogen-bond donors (Lipinski definition) is 1. The Hall–Kier alpha value is -3.44. The summed E-state index contributed by atoms with van der Waals surface area (Å²) in [5.41, 5.74) is 7.79. The van der Waals surface area contributed by atoms with Crippen LogP contribution in [0.3, 0.4) is 0 Å². The van der Waals surface area contributed by atoms with Crippen LogP contribution in [0.1, 0.15) is 37.8 Å². The molecule has 8 heteroatoms. The largest absolute Gasteiger partial charge is 0.438 e. The van der Waals surface area contributed by atoms with Crippen LogP contribution >= 0.6 is 0 Å². The van der Waals surface area contributed by atoms with Gasteiger partial charge in [0.15, 0.2) is 11.6 Å². The molecule has 0 bridgehead atoms. The molecule has 0 radical (unpaired) electrons. The summed E-state index contributed by atoms with van der Waals surface area (Å²) in [6.45, 7) is 6.72. The molecule has 0 atom stereocenters. The normalized spacial score (nSPS) is 10.7. The van der Waals surface area contributed by atoms with Crippen molar-refractivity contribution in [2.24, 2.45) is 12.8 Å². The molecular formula is C23H29N7O.